The van der Waals surface area contributed by atoms with Crippen molar-refractivity contribution in [3.63, 3.8) is 0 Å². The van der Waals surface area contributed by atoms with Crippen molar-refractivity contribution in [1.82, 2.24) is 9.88 Å². The van der Waals surface area contributed by atoms with E-state index in [-0.39, 0.29) is 17.8 Å². The minimum absolute atomic E-state index is 0.0576. The zero-order chi connectivity index (χ0) is 21.1. The number of aromatic nitrogens is 1. The summed E-state index contributed by atoms with van der Waals surface area (Å²) in [6, 6.07) is 12.1. The van der Waals surface area contributed by atoms with Crippen LogP contribution in [0.15, 0.2) is 48.7 Å². The van der Waals surface area contributed by atoms with Crippen LogP contribution in [-0.4, -0.2) is 36.0 Å². The predicted octanol–water partition coefficient (Wildman–Crippen LogP) is 5.18. The molecule has 1 atom stereocenters. The summed E-state index contributed by atoms with van der Waals surface area (Å²) >= 11 is 0. The monoisotopic (exact) mass is 407 g/mol. The highest BCUT2D eigenvalue weighted by Gasteiger charge is 2.24. The van der Waals surface area contributed by atoms with Crippen molar-refractivity contribution in [2.75, 3.05) is 25.5 Å². The van der Waals surface area contributed by atoms with Crippen molar-refractivity contribution in [2.24, 2.45) is 0 Å². The molecule has 0 bridgehead atoms. The molecule has 1 N–H and O–H groups in total. The number of piperidine rings is 1. The Morgan fingerprint density at radius 2 is 1.87 bits per heavy atom. The Morgan fingerprint density at radius 3 is 2.57 bits per heavy atom. The number of amides is 1. The second-order valence-corrected chi connectivity index (χ2v) is 7.70. The number of hydrogen-bond acceptors (Lipinski definition) is 4. The minimum Gasteiger partial charge on any atom is -0.497 e. The number of nitrogens with zero attached hydrogens (tertiary/aromatic N) is 2. The summed E-state index contributed by atoms with van der Waals surface area (Å²) in [5, 5.41) is 4.07. The van der Waals surface area contributed by atoms with Crippen LogP contribution < -0.4 is 10.1 Å². The number of hydrogen-bond donors (Lipinski definition) is 1. The summed E-state index contributed by atoms with van der Waals surface area (Å²) in [4.78, 5) is 19.6. The first-order chi connectivity index (χ1) is 14.6. The van der Waals surface area contributed by atoms with Crippen LogP contribution >= 0.6 is 0 Å². The summed E-state index contributed by atoms with van der Waals surface area (Å²) in [5.74, 6) is 0.369. The molecule has 5 nitrogen and oxygen atoms in total. The van der Waals surface area contributed by atoms with Gasteiger partial charge in [-0.1, -0.05) is 12.1 Å². The lowest BCUT2D eigenvalue weighted by atomic mass is 10.0. The first kappa shape index (κ1) is 20.1. The molecule has 1 aromatic heterocycles. The maximum absolute atomic E-state index is 14.1. The van der Waals surface area contributed by atoms with Crippen LogP contribution in [0.1, 0.15) is 48.1 Å². The van der Waals surface area contributed by atoms with Gasteiger partial charge in [0, 0.05) is 30.7 Å². The zero-order valence-corrected chi connectivity index (χ0v) is 17.3. The highest BCUT2D eigenvalue weighted by molar-refractivity contribution is 6.07. The van der Waals surface area contributed by atoms with Crippen molar-refractivity contribution >= 4 is 22.5 Å². The smallest absolute Gasteiger partial charge is 0.257 e. The molecule has 156 valence electrons. The van der Waals surface area contributed by atoms with Gasteiger partial charge in [-0.05, 0) is 62.1 Å². The summed E-state index contributed by atoms with van der Waals surface area (Å²) < 4.78 is 19.3. The molecule has 6 heteroatoms. The van der Waals surface area contributed by atoms with Crippen LogP contribution in [0, 0.1) is 5.82 Å². The van der Waals surface area contributed by atoms with Crippen LogP contribution in [0.25, 0.3) is 10.9 Å². The van der Waals surface area contributed by atoms with Crippen molar-refractivity contribution < 1.29 is 13.9 Å². The van der Waals surface area contributed by atoms with Gasteiger partial charge in [0.2, 0.25) is 0 Å². The number of benzene rings is 2. The normalized spacial score (nSPS) is 15.1. The third kappa shape index (κ3) is 4.08. The molecule has 1 aliphatic heterocycles. The number of carbonyl (C=O) groups is 1. The molecule has 0 spiro atoms. The van der Waals surface area contributed by atoms with Gasteiger partial charge in [-0.3, -0.25) is 9.78 Å². The maximum atomic E-state index is 14.1. The first-order valence-electron chi connectivity index (χ1n) is 10.3. The number of pyridine rings is 1. The largest absolute Gasteiger partial charge is 0.497 e. The number of halogens is 1. The number of carbonyl (C=O) groups excluding carboxylic acids is 1. The summed E-state index contributed by atoms with van der Waals surface area (Å²) in [6.45, 7) is 3.50. The number of anilines is 1. The molecule has 0 radical (unpaired) electrons. The highest BCUT2D eigenvalue weighted by atomic mass is 19.1. The van der Waals surface area contributed by atoms with Crippen LogP contribution in [-0.2, 0) is 0 Å². The molecular weight excluding hydrogens is 381 g/mol. The second-order valence-electron chi connectivity index (χ2n) is 7.70. The molecule has 30 heavy (non-hydrogen) atoms. The molecule has 4 rings (SSSR count). The maximum Gasteiger partial charge on any atom is 0.257 e. The van der Waals surface area contributed by atoms with E-state index in [9.17, 15) is 9.18 Å². The standard InChI is InChI=1S/C24H26FN3O2/c1-16(17-6-9-19(30-2)10-7-17)27-23-20-14-18(25)8-11-22(20)26-15-21(23)24(29)28-12-4-3-5-13-28/h6-11,14-16H,3-5,12-13H2,1-2H3,(H,26,27)/t16-/m0/s1. The van der Waals surface area contributed by atoms with Crippen molar-refractivity contribution in [3.05, 3.63) is 65.6 Å². The predicted molar refractivity (Wildman–Crippen MR) is 116 cm³/mol. The number of nitrogens with one attached hydrogen (secondary N) is 1. The molecule has 1 amide bonds. The number of likely N-dealkylation sites (tertiary alicyclic amines) is 1. The second kappa shape index (κ2) is 8.69. The summed E-state index contributed by atoms with van der Waals surface area (Å²) in [6.07, 6.45) is 4.77. The average Bonchev–Trinajstić information content (AvgIpc) is 2.79. The fourth-order valence-electron chi connectivity index (χ4n) is 3.94. The Kier molecular flexibility index (Phi) is 5.84. The van der Waals surface area contributed by atoms with E-state index >= 15 is 0 Å². The third-order valence-electron chi connectivity index (χ3n) is 5.68. The van der Waals surface area contributed by atoms with Crippen LogP contribution in [0.4, 0.5) is 10.1 Å². The van der Waals surface area contributed by atoms with Gasteiger partial charge in [-0.15, -0.1) is 0 Å². The van der Waals surface area contributed by atoms with Gasteiger partial charge in [0.15, 0.2) is 0 Å². The van der Waals surface area contributed by atoms with Gasteiger partial charge in [0.05, 0.1) is 23.9 Å². The fraction of sp³-hybridized carbons (Fsp3) is 0.333. The summed E-state index contributed by atoms with van der Waals surface area (Å²) in [7, 11) is 1.63. The van der Waals surface area contributed by atoms with E-state index < -0.39 is 0 Å². The molecular formula is C24H26FN3O2. The zero-order valence-electron chi connectivity index (χ0n) is 17.3. The van der Waals surface area contributed by atoms with Crippen LogP contribution in [0.3, 0.4) is 0 Å². The molecule has 1 saturated heterocycles. The lowest BCUT2D eigenvalue weighted by Crippen LogP contribution is -2.36. The molecule has 1 aliphatic rings. The van der Waals surface area contributed by atoms with Gasteiger partial charge >= 0.3 is 0 Å². The van der Waals surface area contributed by atoms with E-state index in [0.29, 0.717) is 22.2 Å². The van der Waals surface area contributed by atoms with Crippen LogP contribution in [0.5, 0.6) is 5.75 Å². The lowest BCUT2D eigenvalue weighted by Gasteiger charge is -2.28. The molecule has 1 fully saturated rings. The Labute approximate surface area is 175 Å². The average molecular weight is 407 g/mol. The Bertz CT molecular complexity index is 1050. The van der Waals surface area contributed by atoms with E-state index in [1.807, 2.05) is 36.1 Å². The Balaban J connectivity index is 1.74. The van der Waals surface area contributed by atoms with Gasteiger partial charge in [0.1, 0.15) is 11.6 Å². The Hall–Kier alpha value is -3.15. The van der Waals surface area contributed by atoms with Gasteiger partial charge in [0.25, 0.3) is 5.91 Å². The topological polar surface area (TPSA) is 54.5 Å². The number of rotatable bonds is 5. The van der Waals surface area contributed by atoms with Gasteiger partial charge < -0.3 is 15.0 Å². The quantitative estimate of drug-likeness (QED) is 0.633. The SMILES string of the molecule is COc1ccc([C@H](C)Nc2c(C(=O)N3CCCCC3)cnc3ccc(F)cc23)cc1. The fourth-order valence-corrected chi connectivity index (χ4v) is 3.94. The van der Waals surface area contributed by atoms with Gasteiger partial charge in [-0.2, -0.15) is 0 Å². The molecule has 2 aromatic carbocycles. The first-order valence-corrected chi connectivity index (χ1v) is 10.3. The molecule has 0 aliphatic carbocycles. The van der Waals surface area contributed by atoms with E-state index in [1.165, 1.54) is 12.1 Å². The molecule has 0 saturated carbocycles. The summed E-state index contributed by atoms with van der Waals surface area (Å²) in [5.41, 5.74) is 2.79. The van der Waals surface area contributed by atoms with E-state index in [4.69, 9.17) is 4.74 Å². The van der Waals surface area contributed by atoms with Crippen molar-refractivity contribution in [3.8, 4) is 5.75 Å². The van der Waals surface area contributed by atoms with Crippen molar-refractivity contribution in [1.29, 1.82) is 0 Å². The lowest BCUT2D eigenvalue weighted by molar-refractivity contribution is 0.0725. The van der Waals surface area contributed by atoms with Crippen molar-refractivity contribution in [2.45, 2.75) is 32.2 Å². The van der Waals surface area contributed by atoms with E-state index in [2.05, 4.69) is 10.3 Å². The Morgan fingerprint density at radius 1 is 1.13 bits per heavy atom. The number of methoxy groups -OCH3 is 1. The van der Waals surface area contributed by atoms with E-state index in [0.717, 1.165) is 43.7 Å². The minimum atomic E-state index is -0.355. The molecule has 0 unspecified atom stereocenters. The number of ether oxygens (including phenoxy) is 1. The van der Waals surface area contributed by atoms with Gasteiger partial charge in [-0.25, -0.2) is 4.39 Å². The number of fused-ring (bicyclic) bond motifs is 1. The molecule has 2 heterocycles. The molecule has 3 aromatic rings. The third-order valence-corrected chi connectivity index (χ3v) is 5.68. The highest BCUT2D eigenvalue weighted by Crippen LogP contribution is 2.32. The van der Waals surface area contributed by atoms with Crippen LogP contribution in [0.2, 0.25) is 0 Å². The van der Waals surface area contributed by atoms with E-state index in [1.54, 1.807) is 19.4 Å².